The van der Waals surface area contributed by atoms with Gasteiger partial charge in [0.1, 0.15) is 0 Å². The summed E-state index contributed by atoms with van der Waals surface area (Å²) in [5.74, 6) is 0.604. The zero-order valence-corrected chi connectivity index (χ0v) is 9.74. The molecule has 1 rings (SSSR count). The molecule has 68 valence electrons. The van der Waals surface area contributed by atoms with E-state index in [1.165, 1.54) is 11.3 Å². The standard InChI is InChI=1S/C7H12BrN3S/c1-4(2)5(3)9-7-11-10-6(8)12-7/h4-5H,1-3H3,(H,9,11). The van der Waals surface area contributed by atoms with Gasteiger partial charge in [0.25, 0.3) is 0 Å². The number of aromatic nitrogens is 2. The van der Waals surface area contributed by atoms with Crippen molar-refractivity contribution in [3.05, 3.63) is 3.92 Å². The SMILES string of the molecule is CC(C)C(C)Nc1nnc(Br)s1. The molecule has 1 aromatic rings. The fourth-order valence-corrected chi connectivity index (χ4v) is 1.73. The Hall–Kier alpha value is -0.160. The minimum absolute atomic E-state index is 0.435. The molecule has 0 aliphatic rings. The van der Waals surface area contributed by atoms with Crippen LogP contribution in [0.15, 0.2) is 3.92 Å². The van der Waals surface area contributed by atoms with Crippen molar-refractivity contribution in [1.82, 2.24) is 10.2 Å². The Morgan fingerprint density at radius 1 is 1.33 bits per heavy atom. The van der Waals surface area contributed by atoms with Crippen LogP contribution < -0.4 is 5.32 Å². The van der Waals surface area contributed by atoms with Gasteiger partial charge in [0, 0.05) is 6.04 Å². The van der Waals surface area contributed by atoms with E-state index in [0.717, 1.165) is 9.05 Å². The fraction of sp³-hybridized carbons (Fsp3) is 0.714. The molecule has 0 radical (unpaired) electrons. The highest BCUT2D eigenvalue weighted by Gasteiger charge is 2.08. The third-order valence-corrected chi connectivity index (χ3v) is 3.04. The number of rotatable bonds is 3. The summed E-state index contributed by atoms with van der Waals surface area (Å²) in [5.41, 5.74) is 0. The number of nitrogens with one attached hydrogen (secondary N) is 1. The molecule has 1 N–H and O–H groups in total. The number of anilines is 1. The highest BCUT2D eigenvalue weighted by molar-refractivity contribution is 9.11. The maximum absolute atomic E-state index is 3.95. The molecule has 0 fully saturated rings. The zero-order chi connectivity index (χ0) is 9.14. The lowest BCUT2D eigenvalue weighted by Crippen LogP contribution is -2.21. The van der Waals surface area contributed by atoms with Gasteiger partial charge in [-0.1, -0.05) is 25.2 Å². The van der Waals surface area contributed by atoms with Gasteiger partial charge in [-0.15, -0.1) is 10.2 Å². The fourth-order valence-electron chi connectivity index (χ4n) is 0.625. The van der Waals surface area contributed by atoms with Gasteiger partial charge >= 0.3 is 0 Å². The van der Waals surface area contributed by atoms with Gasteiger partial charge < -0.3 is 5.32 Å². The first-order valence-electron chi connectivity index (χ1n) is 3.85. The van der Waals surface area contributed by atoms with Crippen LogP contribution in [-0.4, -0.2) is 16.2 Å². The molecule has 3 nitrogen and oxygen atoms in total. The first-order valence-corrected chi connectivity index (χ1v) is 5.46. The van der Waals surface area contributed by atoms with E-state index in [9.17, 15) is 0 Å². The van der Waals surface area contributed by atoms with Crippen molar-refractivity contribution < 1.29 is 0 Å². The quantitative estimate of drug-likeness (QED) is 0.896. The van der Waals surface area contributed by atoms with Gasteiger partial charge in [-0.25, -0.2) is 0 Å². The van der Waals surface area contributed by atoms with Crippen LogP contribution in [0.3, 0.4) is 0 Å². The summed E-state index contributed by atoms with van der Waals surface area (Å²) in [7, 11) is 0. The Labute approximate surface area is 84.7 Å². The van der Waals surface area contributed by atoms with Crippen molar-refractivity contribution in [3.63, 3.8) is 0 Å². The lowest BCUT2D eigenvalue weighted by Gasteiger charge is -2.15. The van der Waals surface area contributed by atoms with Crippen molar-refractivity contribution in [1.29, 1.82) is 0 Å². The molecule has 5 heteroatoms. The Kier molecular flexibility index (Phi) is 3.46. The topological polar surface area (TPSA) is 37.8 Å². The third-order valence-electron chi connectivity index (χ3n) is 1.75. The molecule has 1 unspecified atom stereocenters. The van der Waals surface area contributed by atoms with Crippen molar-refractivity contribution in [2.24, 2.45) is 5.92 Å². The molecule has 0 aliphatic heterocycles. The van der Waals surface area contributed by atoms with E-state index in [1.807, 2.05) is 0 Å². The van der Waals surface area contributed by atoms with Crippen LogP contribution in [0.25, 0.3) is 0 Å². The molecule has 0 amide bonds. The third kappa shape index (κ3) is 2.71. The maximum Gasteiger partial charge on any atom is 0.206 e. The molecule has 0 saturated heterocycles. The first-order chi connectivity index (χ1) is 5.59. The Bertz CT molecular complexity index is 249. The molecule has 1 aromatic heterocycles. The minimum atomic E-state index is 0.435. The molecule has 0 saturated carbocycles. The molecular weight excluding hydrogens is 238 g/mol. The molecule has 0 spiro atoms. The normalized spacial score (nSPS) is 13.4. The summed E-state index contributed by atoms with van der Waals surface area (Å²) in [6.07, 6.45) is 0. The van der Waals surface area contributed by atoms with E-state index in [2.05, 4.69) is 52.2 Å². The summed E-state index contributed by atoms with van der Waals surface area (Å²) < 4.78 is 0.820. The van der Waals surface area contributed by atoms with E-state index in [1.54, 1.807) is 0 Å². The Morgan fingerprint density at radius 3 is 2.42 bits per heavy atom. The lowest BCUT2D eigenvalue weighted by molar-refractivity contribution is 0.559. The number of hydrogen-bond acceptors (Lipinski definition) is 4. The number of halogens is 1. The van der Waals surface area contributed by atoms with Crippen LogP contribution in [0.2, 0.25) is 0 Å². The summed E-state index contributed by atoms with van der Waals surface area (Å²) in [6, 6.07) is 0.435. The number of nitrogens with zero attached hydrogens (tertiary/aromatic N) is 2. The number of hydrogen-bond donors (Lipinski definition) is 1. The van der Waals surface area contributed by atoms with Crippen LogP contribution in [0.1, 0.15) is 20.8 Å². The second kappa shape index (κ2) is 4.18. The van der Waals surface area contributed by atoms with Gasteiger partial charge in [-0.2, -0.15) is 0 Å². The molecule has 0 aliphatic carbocycles. The largest absolute Gasteiger partial charge is 0.357 e. The smallest absolute Gasteiger partial charge is 0.206 e. The average molecular weight is 250 g/mol. The second-order valence-corrected chi connectivity index (χ2v) is 5.29. The van der Waals surface area contributed by atoms with Crippen molar-refractivity contribution in [3.8, 4) is 0 Å². The Balaban J connectivity index is 2.52. The van der Waals surface area contributed by atoms with Gasteiger partial charge in [0.15, 0.2) is 3.92 Å². The maximum atomic E-state index is 3.95. The van der Waals surface area contributed by atoms with E-state index >= 15 is 0 Å². The minimum Gasteiger partial charge on any atom is -0.357 e. The molecule has 0 bridgehead atoms. The van der Waals surface area contributed by atoms with Gasteiger partial charge in [-0.05, 0) is 28.8 Å². The van der Waals surface area contributed by atoms with Crippen LogP contribution >= 0.6 is 27.3 Å². The van der Waals surface area contributed by atoms with Gasteiger partial charge in [0.05, 0.1) is 0 Å². The van der Waals surface area contributed by atoms with Crippen molar-refractivity contribution >= 4 is 32.4 Å². The highest BCUT2D eigenvalue weighted by Crippen LogP contribution is 2.21. The molecule has 1 heterocycles. The van der Waals surface area contributed by atoms with Gasteiger partial charge in [-0.3, -0.25) is 0 Å². The summed E-state index contributed by atoms with van der Waals surface area (Å²) >= 11 is 4.78. The van der Waals surface area contributed by atoms with Crippen LogP contribution in [0, 0.1) is 5.92 Å². The Morgan fingerprint density at radius 2 is 2.00 bits per heavy atom. The highest BCUT2D eigenvalue weighted by atomic mass is 79.9. The summed E-state index contributed by atoms with van der Waals surface area (Å²) in [6.45, 7) is 6.49. The van der Waals surface area contributed by atoms with Crippen molar-refractivity contribution in [2.45, 2.75) is 26.8 Å². The predicted octanol–water partition coefficient (Wildman–Crippen LogP) is 2.76. The van der Waals surface area contributed by atoms with Crippen molar-refractivity contribution in [2.75, 3.05) is 5.32 Å². The summed E-state index contributed by atoms with van der Waals surface area (Å²) in [5, 5.41) is 12.0. The predicted molar refractivity (Wildman–Crippen MR) is 55.5 cm³/mol. The molecule has 0 aromatic carbocycles. The molecule has 1 atom stereocenters. The molecule has 12 heavy (non-hydrogen) atoms. The van der Waals surface area contributed by atoms with E-state index in [0.29, 0.717) is 12.0 Å². The van der Waals surface area contributed by atoms with Crippen LogP contribution in [0.5, 0.6) is 0 Å². The van der Waals surface area contributed by atoms with Crippen LogP contribution in [-0.2, 0) is 0 Å². The average Bonchev–Trinajstić information content (AvgIpc) is 2.35. The zero-order valence-electron chi connectivity index (χ0n) is 7.34. The monoisotopic (exact) mass is 249 g/mol. The first kappa shape index (κ1) is 9.92. The van der Waals surface area contributed by atoms with E-state index in [4.69, 9.17) is 0 Å². The lowest BCUT2D eigenvalue weighted by atomic mass is 10.1. The van der Waals surface area contributed by atoms with E-state index in [-0.39, 0.29) is 0 Å². The van der Waals surface area contributed by atoms with Crippen LogP contribution in [0.4, 0.5) is 5.13 Å². The second-order valence-electron chi connectivity index (χ2n) is 3.04. The van der Waals surface area contributed by atoms with E-state index < -0.39 is 0 Å². The van der Waals surface area contributed by atoms with Gasteiger partial charge in [0.2, 0.25) is 5.13 Å². The summed E-state index contributed by atoms with van der Waals surface area (Å²) in [4.78, 5) is 0. The molecular formula is C7H12BrN3S.